The lowest BCUT2D eigenvalue weighted by molar-refractivity contribution is -0.117. The minimum atomic E-state index is -0.260. The van der Waals surface area contributed by atoms with Gasteiger partial charge in [0.15, 0.2) is 0 Å². The molecule has 2 N–H and O–H groups in total. The molecule has 136 valence electrons. The van der Waals surface area contributed by atoms with Crippen LogP contribution >= 0.6 is 0 Å². The van der Waals surface area contributed by atoms with E-state index in [2.05, 4.69) is 22.8 Å². The topological polar surface area (TPSA) is 71.3 Å². The van der Waals surface area contributed by atoms with E-state index in [1.165, 1.54) is 22.6 Å². The first kappa shape index (κ1) is 17.1. The zero-order valence-electron chi connectivity index (χ0n) is 14.8. The zero-order chi connectivity index (χ0) is 18.6. The van der Waals surface area contributed by atoms with Gasteiger partial charge in [-0.15, -0.1) is 0 Å². The standard InChI is InChI=1S/C22H20N2O3/c25-20(11-9-17-4-2-14-27-17)23-13-12-21(26)24-19-10-8-16-7-6-15-3-1-5-18(19)22(15)16/h1-5,8-11,14H,6-7,12-13H2,(H,23,25)(H,24,26). The minimum absolute atomic E-state index is 0.121. The van der Waals surface area contributed by atoms with E-state index in [1.54, 1.807) is 24.5 Å². The third kappa shape index (κ3) is 3.77. The summed E-state index contributed by atoms with van der Waals surface area (Å²) in [6.07, 6.45) is 6.84. The number of aryl methyl sites for hydroxylation is 2. The summed E-state index contributed by atoms with van der Waals surface area (Å²) < 4.78 is 5.12. The normalized spacial score (nSPS) is 12.6. The Hall–Kier alpha value is -3.34. The molecule has 0 saturated heterocycles. The third-order valence-corrected chi connectivity index (χ3v) is 4.74. The van der Waals surface area contributed by atoms with Crippen molar-refractivity contribution in [3.63, 3.8) is 0 Å². The molecule has 0 aliphatic heterocycles. The maximum atomic E-state index is 12.3. The van der Waals surface area contributed by atoms with Crippen LogP contribution in [0.4, 0.5) is 5.69 Å². The number of furan rings is 1. The Morgan fingerprint density at radius 3 is 2.70 bits per heavy atom. The van der Waals surface area contributed by atoms with Crippen molar-refractivity contribution in [2.45, 2.75) is 19.3 Å². The van der Waals surface area contributed by atoms with Crippen LogP contribution in [0.25, 0.3) is 16.8 Å². The Morgan fingerprint density at radius 1 is 1.04 bits per heavy atom. The fourth-order valence-electron chi connectivity index (χ4n) is 3.47. The summed E-state index contributed by atoms with van der Waals surface area (Å²) >= 11 is 0. The molecule has 1 aliphatic carbocycles. The van der Waals surface area contributed by atoms with Gasteiger partial charge in [-0.2, -0.15) is 0 Å². The predicted molar refractivity (Wildman–Crippen MR) is 105 cm³/mol. The Labute approximate surface area is 157 Å². The Morgan fingerprint density at radius 2 is 1.89 bits per heavy atom. The van der Waals surface area contributed by atoms with Gasteiger partial charge in [0.2, 0.25) is 11.8 Å². The molecular weight excluding hydrogens is 340 g/mol. The molecule has 0 spiro atoms. The van der Waals surface area contributed by atoms with Crippen molar-refractivity contribution in [3.05, 3.63) is 71.7 Å². The van der Waals surface area contributed by atoms with Gasteiger partial charge in [-0.3, -0.25) is 9.59 Å². The SMILES string of the molecule is O=C(C=Cc1ccco1)NCCC(=O)Nc1ccc2c3c(cccc13)CC2. The number of nitrogens with one attached hydrogen (secondary N) is 2. The van der Waals surface area contributed by atoms with Crippen LogP contribution in [0.1, 0.15) is 23.3 Å². The van der Waals surface area contributed by atoms with E-state index in [-0.39, 0.29) is 24.8 Å². The van der Waals surface area contributed by atoms with Crippen molar-refractivity contribution in [1.29, 1.82) is 0 Å². The van der Waals surface area contributed by atoms with E-state index < -0.39 is 0 Å². The van der Waals surface area contributed by atoms with Crippen LogP contribution in [0.2, 0.25) is 0 Å². The summed E-state index contributed by atoms with van der Waals surface area (Å²) in [5.41, 5.74) is 3.51. The second-order valence-corrected chi connectivity index (χ2v) is 6.55. The van der Waals surface area contributed by atoms with E-state index in [1.807, 2.05) is 18.2 Å². The molecule has 27 heavy (non-hydrogen) atoms. The van der Waals surface area contributed by atoms with Crippen LogP contribution in [0.3, 0.4) is 0 Å². The molecule has 2 aromatic carbocycles. The zero-order valence-corrected chi connectivity index (χ0v) is 14.8. The number of carbonyl (C=O) groups excluding carboxylic acids is 2. The first-order chi connectivity index (χ1) is 13.2. The number of amides is 2. The summed E-state index contributed by atoms with van der Waals surface area (Å²) in [4.78, 5) is 24.0. The average molecular weight is 360 g/mol. The van der Waals surface area contributed by atoms with Gasteiger partial charge >= 0.3 is 0 Å². The smallest absolute Gasteiger partial charge is 0.244 e. The maximum Gasteiger partial charge on any atom is 0.244 e. The fourth-order valence-corrected chi connectivity index (χ4v) is 3.47. The molecule has 1 aliphatic rings. The molecule has 1 aromatic heterocycles. The molecule has 5 nitrogen and oxygen atoms in total. The summed E-state index contributed by atoms with van der Waals surface area (Å²) in [5, 5.41) is 8.03. The van der Waals surface area contributed by atoms with E-state index >= 15 is 0 Å². The molecule has 0 bridgehead atoms. The highest BCUT2D eigenvalue weighted by atomic mass is 16.3. The third-order valence-electron chi connectivity index (χ3n) is 4.74. The second kappa shape index (κ2) is 7.50. The molecule has 4 rings (SSSR count). The Balaban J connectivity index is 1.33. The maximum absolute atomic E-state index is 12.3. The predicted octanol–water partition coefficient (Wildman–Crippen LogP) is 3.69. The fraction of sp³-hybridized carbons (Fsp3) is 0.182. The minimum Gasteiger partial charge on any atom is -0.465 e. The van der Waals surface area contributed by atoms with Gasteiger partial charge in [-0.25, -0.2) is 0 Å². The van der Waals surface area contributed by atoms with E-state index in [0.717, 1.165) is 23.9 Å². The number of hydrogen-bond donors (Lipinski definition) is 2. The molecule has 0 saturated carbocycles. The van der Waals surface area contributed by atoms with Gasteiger partial charge in [-0.1, -0.05) is 24.3 Å². The summed E-state index contributed by atoms with van der Waals surface area (Å²) in [5.74, 6) is 0.225. The monoisotopic (exact) mass is 360 g/mol. The van der Waals surface area contributed by atoms with Gasteiger partial charge in [-0.05, 0) is 53.6 Å². The van der Waals surface area contributed by atoms with Crippen molar-refractivity contribution in [3.8, 4) is 0 Å². The Bertz CT molecular complexity index is 1010. The lowest BCUT2D eigenvalue weighted by Gasteiger charge is -2.10. The highest BCUT2D eigenvalue weighted by Gasteiger charge is 2.16. The lowest BCUT2D eigenvalue weighted by atomic mass is 10.0. The summed E-state index contributed by atoms with van der Waals surface area (Å²) in [6.45, 7) is 0.272. The molecule has 0 fully saturated rings. The van der Waals surface area contributed by atoms with E-state index in [9.17, 15) is 9.59 Å². The first-order valence-electron chi connectivity index (χ1n) is 9.03. The second-order valence-electron chi connectivity index (χ2n) is 6.55. The largest absolute Gasteiger partial charge is 0.465 e. The van der Waals surface area contributed by atoms with Crippen LogP contribution in [0.5, 0.6) is 0 Å². The first-order valence-corrected chi connectivity index (χ1v) is 9.03. The van der Waals surface area contributed by atoms with Gasteiger partial charge in [0.25, 0.3) is 0 Å². The molecule has 2 amide bonds. The van der Waals surface area contributed by atoms with Gasteiger partial charge in [0.1, 0.15) is 5.76 Å². The van der Waals surface area contributed by atoms with Crippen LogP contribution in [0, 0.1) is 0 Å². The number of rotatable bonds is 6. The van der Waals surface area contributed by atoms with Crippen molar-refractivity contribution in [2.75, 3.05) is 11.9 Å². The van der Waals surface area contributed by atoms with Crippen LogP contribution < -0.4 is 10.6 Å². The van der Waals surface area contributed by atoms with Crippen LogP contribution in [-0.4, -0.2) is 18.4 Å². The number of hydrogen-bond acceptors (Lipinski definition) is 3. The highest BCUT2D eigenvalue weighted by molar-refractivity contribution is 6.05. The molecule has 1 heterocycles. The molecule has 0 radical (unpaired) electrons. The molecule has 0 unspecified atom stereocenters. The molecule has 5 heteroatoms. The van der Waals surface area contributed by atoms with Gasteiger partial charge in [0, 0.05) is 30.1 Å². The number of benzene rings is 2. The molecular formula is C22H20N2O3. The molecule has 3 aromatic rings. The van der Waals surface area contributed by atoms with Gasteiger partial charge < -0.3 is 15.1 Å². The Kier molecular flexibility index (Phi) is 4.75. The van der Waals surface area contributed by atoms with E-state index in [4.69, 9.17) is 4.42 Å². The summed E-state index contributed by atoms with van der Waals surface area (Å²) in [6, 6.07) is 13.8. The summed E-state index contributed by atoms with van der Waals surface area (Å²) in [7, 11) is 0. The van der Waals surface area contributed by atoms with Crippen molar-refractivity contribution < 1.29 is 14.0 Å². The van der Waals surface area contributed by atoms with Crippen molar-refractivity contribution in [2.24, 2.45) is 0 Å². The van der Waals surface area contributed by atoms with Gasteiger partial charge in [0.05, 0.1) is 6.26 Å². The van der Waals surface area contributed by atoms with E-state index in [0.29, 0.717) is 5.76 Å². The lowest BCUT2D eigenvalue weighted by Crippen LogP contribution is -2.26. The average Bonchev–Trinajstić information content (AvgIpc) is 3.33. The van der Waals surface area contributed by atoms with Crippen LogP contribution in [-0.2, 0) is 22.4 Å². The number of carbonyl (C=O) groups is 2. The molecule has 0 atom stereocenters. The quantitative estimate of drug-likeness (QED) is 0.659. The van der Waals surface area contributed by atoms with Crippen molar-refractivity contribution in [1.82, 2.24) is 5.32 Å². The van der Waals surface area contributed by atoms with Crippen LogP contribution in [0.15, 0.2) is 59.2 Å². The number of anilines is 1. The van der Waals surface area contributed by atoms with Crippen molar-refractivity contribution >= 4 is 34.4 Å². The highest BCUT2D eigenvalue weighted by Crippen LogP contribution is 2.34.